The minimum absolute atomic E-state index is 0.233. The Morgan fingerprint density at radius 3 is 2.55 bits per heavy atom. The molecule has 1 aromatic carbocycles. The minimum Gasteiger partial charge on any atom is -0.478 e. The van der Waals surface area contributed by atoms with Gasteiger partial charge in [0.05, 0.1) is 5.69 Å². The number of halogens is 2. The van der Waals surface area contributed by atoms with Crippen molar-refractivity contribution in [2.75, 3.05) is 0 Å². The molecule has 0 fully saturated rings. The lowest BCUT2D eigenvalue weighted by atomic mass is 10.2. The number of aromatic nitrogens is 1. The second-order valence-corrected chi connectivity index (χ2v) is 4.43. The summed E-state index contributed by atoms with van der Waals surface area (Å²) in [4.78, 5) is 10.5. The number of hydrogen-bond acceptors (Lipinski definition) is 1. The van der Waals surface area contributed by atoms with Crippen molar-refractivity contribution in [3.05, 3.63) is 58.9 Å². The molecule has 20 heavy (non-hydrogen) atoms. The van der Waals surface area contributed by atoms with Gasteiger partial charge in [0, 0.05) is 23.5 Å². The molecule has 1 aromatic heterocycles. The number of benzene rings is 1. The van der Waals surface area contributed by atoms with Gasteiger partial charge in [-0.3, -0.25) is 0 Å². The van der Waals surface area contributed by atoms with E-state index in [-0.39, 0.29) is 5.69 Å². The van der Waals surface area contributed by atoms with E-state index in [1.165, 1.54) is 18.2 Å². The molecule has 0 bridgehead atoms. The van der Waals surface area contributed by atoms with Crippen LogP contribution in [0, 0.1) is 25.5 Å². The van der Waals surface area contributed by atoms with E-state index in [0.717, 1.165) is 17.8 Å². The molecule has 5 heteroatoms. The second-order valence-electron chi connectivity index (χ2n) is 4.43. The van der Waals surface area contributed by atoms with Crippen LogP contribution in [0.15, 0.2) is 30.3 Å². The number of carboxylic acid groups (broad SMARTS) is 1. The van der Waals surface area contributed by atoms with Crippen LogP contribution in [0.4, 0.5) is 8.78 Å². The van der Waals surface area contributed by atoms with Gasteiger partial charge >= 0.3 is 5.97 Å². The molecule has 0 aliphatic heterocycles. The molecule has 0 unspecified atom stereocenters. The van der Waals surface area contributed by atoms with Gasteiger partial charge < -0.3 is 9.67 Å². The van der Waals surface area contributed by atoms with Gasteiger partial charge in [-0.1, -0.05) is 0 Å². The molecule has 2 aromatic rings. The molecule has 2 rings (SSSR count). The van der Waals surface area contributed by atoms with Gasteiger partial charge in [0.2, 0.25) is 0 Å². The highest BCUT2D eigenvalue weighted by Crippen LogP contribution is 2.24. The number of carbonyl (C=O) groups is 1. The molecule has 0 aliphatic rings. The van der Waals surface area contributed by atoms with E-state index in [9.17, 15) is 13.6 Å². The Morgan fingerprint density at radius 1 is 1.25 bits per heavy atom. The van der Waals surface area contributed by atoms with Crippen molar-refractivity contribution in [1.29, 1.82) is 0 Å². The maximum atomic E-state index is 13.8. The van der Waals surface area contributed by atoms with Crippen LogP contribution in [0.3, 0.4) is 0 Å². The van der Waals surface area contributed by atoms with Gasteiger partial charge in [0.25, 0.3) is 0 Å². The van der Waals surface area contributed by atoms with Crippen molar-refractivity contribution in [3.63, 3.8) is 0 Å². The highest BCUT2D eigenvalue weighted by atomic mass is 19.1. The van der Waals surface area contributed by atoms with Crippen LogP contribution in [0.2, 0.25) is 0 Å². The fourth-order valence-corrected chi connectivity index (χ4v) is 2.15. The fraction of sp³-hybridized carbons (Fsp3) is 0.133. The van der Waals surface area contributed by atoms with Gasteiger partial charge in [-0.15, -0.1) is 0 Å². The molecule has 1 heterocycles. The Kier molecular flexibility index (Phi) is 3.70. The summed E-state index contributed by atoms with van der Waals surface area (Å²) in [6.07, 6.45) is 2.47. The summed E-state index contributed by atoms with van der Waals surface area (Å²) in [7, 11) is 0. The van der Waals surface area contributed by atoms with Crippen molar-refractivity contribution >= 4 is 12.0 Å². The molecule has 0 saturated heterocycles. The molecule has 104 valence electrons. The Balaban J connectivity index is 2.55. The van der Waals surface area contributed by atoms with E-state index in [0.29, 0.717) is 11.3 Å². The summed E-state index contributed by atoms with van der Waals surface area (Å²) in [6, 6.07) is 5.11. The van der Waals surface area contributed by atoms with Crippen LogP contribution in [0.1, 0.15) is 17.0 Å². The molecule has 0 amide bonds. The first-order chi connectivity index (χ1) is 9.40. The van der Waals surface area contributed by atoms with E-state index >= 15 is 0 Å². The lowest BCUT2D eigenvalue weighted by Crippen LogP contribution is -2.02. The van der Waals surface area contributed by atoms with E-state index in [4.69, 9.17) is 5.11 Å². The van der Waals surface area contributed by atoms with Crippen LogP contribution in [-0.2, 0) is 4.79 Å². The van der Waals surface area contributed by atoms with Gasteiger partial charge in [0.15, 0.2) is 0 Å². The molecule has 0 aliphatic carbocycles. The van der Waals surface area contributed by atoms with Crippen molar-refractivity contribution in [3.8, 4) is 5.69 Å². The fourth-order valence-electron chi connectivity index (χ4n) is 2.15. The standard InChI is InChI=1S/C15H13F2NO2/c1-9-7-11(3-6-15(19)20)10(2)18(9)14-5-4-12(16)8-13(14)17/h3-8H,1-2H3,(H,19,20). The number of aryl methyl sites for hydroxylation is 1. The number of nitrogens with zero attached hydrogens (tertiary/aromatic N) is 1. The third-order valence-electron chi connectivity index (χ3n) is 3.03. The average molecular weight is 277 g/mol. The number of carboxylic acids is 1. The topological polar surface area (TPSA) is 42.2 Å². The monoisotopic (exact) mass is 277 g/mol. The van der Waals surface area contributed by atoms with Gasteiger partial charge in [0.1, 0.15) is 11.6 Å². The van der Waals surface area contributed by atoms with Gasteiger partial charge in [-0.25, -0.2) is 13.6 Å². The molecular weight excluding hydrogens is 264 g/mol. The van der Waals surface area contributed by atoms with Crippen molar-refractivity contribution in [2.24, 2.45) is 0 Å². The van der Waals surface area contributed by atoms with E-state index in [1.807, 2.05) is 0 Å². The predicted octanol–water partition coefficient (Wildman–Crippen LogP) is 3.47. The molecule has 0 spiro atoms. The molecule has 1 N–H and O–H groups in total. The van der Waals surface area contributed by atoms with Gasteiger partial charge in [-0.2, -0.15) is 0 Å². The summed E-state index contributed by atoms with van der Waals surface area (Å²) in [5, 5.41) is 8.64. The first-order valence-electron chi connectivity index (χ1n) is 5.95. The third-order valence-corrected chi connectivity index (χ3v) is 3.03. The van der Waals surface area contributed by atoms with Crippen LogP contribution in [0.5, 0.6) is 0 Å². The number of hydrogen-bond donors (Lipinski definition) is 1. The molecule has 3 nitrogen and oxygen atoms in total. The second kappa shape index (κ2) is 5.28. The molecule has 0 atom stereocenters. The van der Waals surface area contributed by atoms with Crippen LogP contribution < -0.4 is 0 Å². The summed E-state index contributed by atoms with van der Waals surface area (Å²) < 4.78 is 28.4. The Hall–Kier alpha value is -2.43. The van der Waals surface area contributed by atoms with E-state index in [2.05, 4.69) is 0 Å². The number of aliphatic carboxylic acids is 1. The highest BCUT2D eigenvalue weighted by molar-refractivity contribution is 5.85. The van der Waals surface area contributed by atoms with Crippen molar-refractivity contribution in [2.45, 2.75) is 13.8 Å². The zero-order valence-electron chi connectivity index (χ0n) is 11.0. The zero-order valence-corrected chi connectivity index (χ0v) is 11.0. The number of rotatable bonds is 3. The summed E-state index contributed by atoms with van der Waals surface area (Å²) >= 11 is 0. The maximum absolute atomic E-state index is 13.8. The summed E-state index contributed by atoms with van der Waals surface area (Å²) in [5.74, 6) is -2.36. The SMILES string of the molecule is Cc1cc(C=CC(=O)O)c(C)n1-c1ccc(F)cc1F. The summed E-state index contributed by atoms with van der Waals surface area (Å²) in [6.45, 7) is 3.52. The van der Waals surface area contributed by atoms with Crippen molar-refractivity contribution in [1.82, 2.24) is 4.57 Å². The van der Waals surface area contributed by atoms with Crippen LogP contribution in [-0.4, -0.2) is 15.6 Å². The van der Waals surface area contributed by atoms with Crippen LogP contribution in [0.25, 0.3) is 11.8 Å². The lowest BCUT2D eigenvalue weighted by molar-refractivity contribution is -0.131. The van der Waals surface area contributed by atoms with Crippen LogP contribution >= 0.6 is 0 Å². The van der Waals surface area contributed by atoms with E-state index < -0.39 is 17.6 Å². The van der Waals surface area contributed by atoms with Gasteiger partial charge in [-0.05, 0) is 43.7 Å². The zero-order chi connectivity index (χ0) is 14.9. The normalized spacial score (nSPS) is 11.2. The van der Waals surface area contributed by atoms with Crippen molar-refractivity contribution < 1.29 is 18.7 Å². The predicted molar refractivity (Wildman–Crippen MR) is 71.8 cm³/mol. The molecule has 0 radical (unpaired) electrons. The largest absolute Gasteiger partial charge is 0.478 e. The van der Waals surface area contributed by atoms with E-state index in [1.54, 1.807) is 24.5 Å². The summed E-state index contributed by atoms with van der Waals surface area (Å²) in [5.41, 5.74) is 2.33. The molecular formula is C15H13F2NO2. The Bertz CT molecular complexity index is 702. The first-order valence-corrected chi connectivity index (χ1v) is 5.95. The quantitative estimate of drug-likeness (QED) is 0.873. The third kappa shape index (κ3) is 2.61. The maximum Gasteiger partial charge on any atom is 0.328 e. The highest BCUT2D eigenvalue weighted by Gasteiger charge is 2.13. The lowest BCUT2D eigenvalue weighted by Gasteiger charge is -2.10. The Morgan fingerprint density at radius 2 is 1.95 bits per heavy atom. The Labute approximate surface area is 114 Å². The molecule has 0 saturated carbocycles. The smallest absolute Gasteiger partial charge is 0.328 e. The average Bonchev–Trinajstić information content (AvgIpc) is 2.63. The minimum atomic E-state index is -1.05. The first kappa shape index (κ1) is 14.0.